The van der Waals surface area contributed by atoms with Gasteiger partial charge in [0.2, 0.25) is 0 Å². The normalized spacial score (nSPS) is 9.16. The molecule has 19 heavy (non-hydrogen) atoms. The molecule has 7 nitrogen and oxygen atoms in total. The van der Waals surface area contributed by atoms with E-state index in [2.05, 4.69) is 20.7 Å². The summed E-state index contributed by atoms with van der Waals surface area (Å²) in [6.45, 7) is 1.82. The van der Waals surface area contributed by atoms with Gasteiger partial charge < -0.3 is 5.32 Å². The summed E-state index contributed by atoms with van der Waals surface area (Å²) in [6, 6.07) is 8.74. The largest absolute Gasteiger partial charge is 0.343 e. The van der Waals surface area contributed by atoms with Gasteiger partial charge in [-0.05, 0) is 18.6 Å². The van der Waals surface area contributed by atoms with Crippen molar-refractivity contribution in [1.82, 2.24) is 15.4 Å². The Bertz CT molecular complexity index is 776. The maximum atomic E-state index is 9.02. The second kappa shape index (κ2) is 4.87. The van der Waals surface area contributed by atoms with Crippen LogP contribution in [0.25, 0.3) is 11.0 Å². The third kappa shape index (κ3) is 2.06. The second-order valence-electron chi connectivity index (χ2n) is 3.66. The zero-order valence-electron chi connectivity index (χ0n) is 9.89. The highest BCUT2D eigenvalue weighted by Gasteiger charge is 2.12. The van der Waals surface area contributed by atoms with Crippen molar-refractivity contribution in [2.75, 3.05) is 5.32 Å². The molecule has 2 aromatic rings. The summed E-state index contributed by atoms with van der Waals surface area (Å²) in [5, 5.41) is 39.8. The van der Waals surface area contributed by atoms with Crippen LogP contribution in [0.4, 0.5) is 5.69 Å². The number of nitrogens with zero attached hydrogens (tertiary/aromatic N) is 5. The molecule has 7 heteroatoms. The van der Waals surface area contributed by atoms with Crippen LogP contribution in [0.1, 0.15) is 5.56 Å². The molecule has 0 saturated carbocycles. The quantitative estimate of drug-likeness (QED) is 0.777. The Morgan fingerprint density at radius 1 is 1.16 bits per heavy atom. The SMILES string of the molecule is Cc1ccc2n[nH]nc2c1NC(C#N)=C(C#N)C#N. The van der Waals surface area contributed by atoms with E-state index in [-0.39, 0.29) is 11.3 Å². The molecule has 0 fully saturated rings. The third-order valence-electron chi connectivity index (χ3n) is 2.53. The van der Waals surface area contributed by atoms with Gasteiger partial charge in [-0.15, -0.1) is 0 Å². The van der Waals surface area contributed by atoms with Crippen molar-refractivity contribution in [2.24, 2.45) is 0 Å². The fourth-order valence-electron chi connectivity index (χ4n) is 1.58. The van der Waals surface area contributed by atoms with E-state index in [9.17, 15) is 0 Å². The number of hydrogen-bond acceptors (Lipinski definition) is 6. The van der Waals surface area contributed by atoms with Gasteiger partial charge in [-0.1, -0.05) is 6.07 Å². The van der Waals surface area contributed by atoms with Crippen LogP contribution in [0, 0.1) is 40.9 Å². The monoisotopic (exact) mass is 249 g/mol. The van der Waals surface area contributed by atoms with Gasteiger partial charge in [0.25, 0.3) is 0 Å². The molecule has 2 N–H and O–H groups in total. The summed E-state index contributed by atoms with van der Waals surface area (Å²) in [7, 11) is 0. The molecule has 0 unspecified atom stereocenters. The van der Waals surface area contributed by atoms with Gasteiger partial charge in [-0.2, -0.15) is 31.2 Å². The van der Waals surface area contributed by atoms with Crippen LogP contribution < -0.4 is 5.32 Å². The van der Waals surface area contributed by atoms with E-state index < -0.39 is 0 Å². The minimum Gasteiger partial charge on any atom is -0.343 e. The summed E-state index contributed by atoms with van der Waals surface area (Å²) < 4.78 is 0. The number of fused-ring (bicyclic) bond motifs is 1. The highest BCUT2D eigenvalue weighted by molar-refractivity contribution is 5.90. The van der Waals surface area contributed by atoms with E-state index in [1.54, 1.807) is 30.3 Å². The molecular formula is C12H7N7. The second-order valence-corrected chi connectivity index (χ2v) is 3.66. The number of aromatic nitrogens is 3. The molecular weight excluding hydrogens is 242 g/mol. The molecule has 2 rings (SSSR count). The molecule has 0 radical (unpaired) electrons. The summed E-state index contributed by atoms with van der Waals surface area (Å²) in [4.78, 5) is 0. The van der Waals surface area contributed by atoms with Crippen LogP contribution in [0.15, 0.2) is 23.4 Å². The number of H-pyrrole nitrogens is 1. The predicted molar refractivity (Wildman–Crippen MR) is 66.1 cm³/mol. The molecule has 0 bridgehead atoms. The van der Waals surface area contributed by atoms with Crippen LogP contribution >= 0.6 is 0 Å². The van der Waals surface area contributed by atoms with Crippen LogP contribution in [0.2, 0.25) is 0 Å². The highest BCUT2D eigenvalue weighted by Crippen LogP contribution is 2.25. The number of aryl methyl sites for hydroxylation is 1. The fraction of sp³-hybridized carbons (Fsp3) is 0.0833. The fourth-order valence-corrected chi connectivity index (χ4v) is 1.58. The Morgan fingerprint density at radius 3 is 2.53 bits per heavy atom. The Morgan fingerprint density at radius 2 is 1.89 bits per heavy atom. The van der Waals surface area contributed by atoms with Gasteiger partial charge in [0.05, 0.1) is 5.69 Å². The van der Waals surface area contributed by atoms with Gasteiger partial charge in [-0.25, -0.2) is 0 Å². The first kappa shape index (κ1) is 12.1. The van der Waals surface area contributed by atoms with E-state index in [1.165, 1.54) is 0 Å². The molecule has 0 atom stereocenters. The first-order valence-corrected chi connectivity index (χ1v) is 5.23. The molecule has 0 aliphatic carbocycles. The standard InChI is InChI=1S/C12H7N7/c1-7-2-3-9-12(18-19-17-9)11(7)16-10(6-15)8(4-13)5-14/h2-3,16H,1H3,(H,17,18,19). The van der Waals surface area contributed by atoms with E-state index in [1.807, 2.05) is 6.92 Å². The first-order chi connectivity index (χ1) is 9.21. The van der Waals surface area contributed by atoms with Crippen molar-refractivity contribution in [1.29, 1.82) is 15.8 Å². The summed E-state index contributed by atoms with van der Waals surface area (Å²) >= 11 is 0. The molecule has 1 aromatic heterocycles. The Hall–Kier alpha value is -3.37. The molecule has 0 aliphatic heterocycles. The smallest absolute Gasteiger partial charge is 0.163 e. The molecule has 1 aromatic carbocycles. The Labute approximate surface area is 108 Å². The van der Waals surface area contributed by atoms with Gasteiger partial charge >= 0.3 is 0 Å². The number of rotatable bonds is 2. The van der Waals surface area contributed by atoms with Crippen LogP contribution in [-0.4, -0.2) is 15.4 Å². The lowest BCUT2D eigenvalue weighted by molar-refractivity contribution is 0.959. The molecule has 0 spiro atoms. The lowest BCUT2D eigenvalue weighted by atomic mass is 10.1. The maximum Gasteiger partial charge on any atom is 0.163 e. The van der Waals surface area contributed by atoms with E-state index >= 15 is 0 Å². The first-order valence-electron chi connectivity index (χ1n) is 5.23. The Kier molecular flexibility index (Phi) is 3.10. The number of allylic oxidation sites excluding steroid dienone is 2. The van der Waals surface area contributed by atoms with E-state index in [0.29, 0.717) is 16.7 Å². The van der Waals surface area contributed by atoms with Crippen molar-refractivity contribution >= 4 is 16.7 Å². The number of nitrogens with one attached hydrogen (secondary N) is 2. The average molecular weight is 249 g/mol. The van der Waals surface area contributed by atoms with Crippen LogP contribution in [0.3, 0.4) is 0 Å². The van der Waals surface area contributed by atoms with Gasteiger partial charge in [0.15, 0.2) is 5.57 Å². The summed E-state index contributed by atoms with van der Waals surface area (Å²) in [5.74, 6) is 0. The number of aromatic amines is 1. The lowest BCUT2D eigenvalue weighted by Crippen LogP contribution is -2.03. The minimum atomic E-state index is -0.276. The lowest BCUT2D eigenvalue weighted by Gasteiger charge is -2.08. The summed E-state index contributed by atoms with van der Waals surface area (Å²) in [6.07, 6.45) is 0. The van der Waals surface area contributed by atoms with Crippen LogP contribution in [-0.2, 0) is 0 Å². The van der Waals surface area contributed by atoms with Crippen molar-refractivity contribution in [3.05, 3.63) is 29.0 Å². The predicted octanol–water partition coefficient (Wildman–Crippen LogP) is 1.50. The van der Waals surface area contributed by atoms with Crippen molar-refractivity contribution in [2.45, 2.75) is 6.92 Å². The van der Waals surface area contributed by atoms with E-state index in [4.69, 9.17) is 15.8 Å². The number of anilines is 1. The van der Waals surface area contributed by atoms with Gasteiger partial charge in [-0.3, -0.25) is 0 Å². The number of nitriles is 3. The topological polar surface area (TPSA) is 125 Å². The van der Waals surface area contributed by atoms with E-state index in [0.717, 1.165) is 5.56 Å². The molecule has 0 aliphatic rings. The zero-order valence-corrected chi connectivity index (χ0v) is 9.89. The third-order valence-corrected chi connectivity index (χ3v) is 2.53. The van der Waals surface area contributed by atoms with Crippen LogP contribution in [0.5, 0.6) is 0 Å². The number of benzene rings is 1. The summed E-state index contributed by atoms with van der Waals surface area (Å²) in [5.41, 5.74) is 2.16. The Balaban J connectivity index is 2.59. The van der Waals surface area contributed by atoms with Gasteiger partial charge in [0, 0.05) is 0 Å². The zero-order chi connectivity index (χ0) is 13.8. The maximum absolute atomic E-state index is 9.02. The van der Waals surface area contributed by atoms with Crippen molar-refractivity contribution in [3.8, 4) is 18.2 Å². The minimum absolute atomic E-state index is 0.108. The molecule has 1 heterocycles. The highest BCUT2D eigenvalue weighted by atomic mass is 15.3. The molecule has 90 valence electrons. The van der Waals surface area contributed by atoms with Gasteiger partial charge in [0.1, 0.15) is 34.9 Å². The number of hydrogen-bond donors (Lipinski definition) is 2. The molecule has 0 saturated heterocycles. The molecule has 0 amide bonds. The average Bonchev–Trinajstić information content (AvgIpc) is 2.89. The van der Waals surface area contributed by atoms with Crippen molar-refractivity contribution < 1.29 is 0 Å². The van der Waals surface area contributed by atoms with Crippen molar-refractivity contribution in [3.63, 3.8) is 0 Å².